The fraction of sp³-hybridized carbons (Fsp3) is 0.609. The molecule has 0 amide bonds. The summed E-state index contributed by atoms with van der Waals surface area (Å²) in [5.41, 5.74) is 5.90. The number of imidazole rings is 1. The minimum atomic E-state index is 0.207. The Morgan fingerprint density at radius 1 is 1.12 bits per heavy atom. The van der Waals surface area contributed by atoms with Crippen molar-refractivity contribution in [2.45, 2.75) is 84.2 Å². The molecule has 5 rings (SSSR count). The average Bonchev–Trinajstić information content (AvgIpc) is 3.21. The van der Waals surface area contributed by atoms with Gasteiger partial charge in [0.2, 0.25) is 0 Å². The molecule has 2 aliphatic heterocycles. The number of fused-ring (bicyclic) bond motifs is 3. The number of allylic oxidation sites excluding steroid dienone is 1. The van der Waals surface area contributed by atoms with Crippen molar-refractivity contribution in [2.24, 2.45) is 5.41 Å². The van der Waals surface area contributed by atoms with E-state index >= 15 is 0 Å². The normalized spacial score (nSPS) is 26.2. The summed E-state index contributed by atoms with van der Waals surface area (Å²) in [6.07, 6.45) is 13.7. The van der Waals surface area contributed by atoms with E-state index < -0.39 is 0 Å². The average molecular weight is 350 g/mol. The first-order chi connectivity index (χ1) is 12.4. The summed E-state index contributed by atoms with van der Waals surface area (Å²) in [5, 5.41) is 0. The highest BCUT2D eigenvalue weighted by Crippen LogP contribution is 2.56. The first kappa shape index (κ1) is 16.4. The van der Waals surface area contributed by atoms with E-state index in [2.05, 4.69) is 61.6 Å². The lowest BCUT2D eigenvalue weighted by Crippen LogP contribution is -2.44. The van der Waals surface area contributed by atoms with Gasteiger partial charge in [-0.25, -0.2) is 4.98 Å². The molecule has 138 valence electrons. The molecule has 3 heteroatoms. The van der Waals surface area contributed by atoms with E-state index in [1.54, 1.807) is 0 Å². The zero-order valence-electron chi connectivity index (χ0n) is 16.7. The number of hydrogen-bond acceptors (Lipinski definition) is 2. The SMILES string of the molecule is Cc1cc2nc3n(c2cc1N1[C@@H](C)C2(CCCCC2)CC1(C)C)C=CC3. The van der Waals surface area contributed by atoms with Gasteiger partial charge in [0.05, 0.1) is 11.0 Å². The van der Waals surface area contributed by atoms with Crippen molar-refractivity contribution in [3.8, 4) is 0 Å². The Bertz CT molecular complexity index is 896. The number of anilines is 1. The van der Waals surface area contributed by atoms with Gasteiger partial charge in [0.25, 0.3) is 0 Å². The highest BCUT2D eigenvalue weighted by Gasteiger charge is 2.53. The maximum atomic E-state index is 4.84. The van der Waals surface area contributed by atoms with E-state index in [1.807, 2.05) is 0 Å². The quantitative estimate of drug-likeness (QED) is 0.658. The smallest absolute Gasteiger partial charge is 0.117 e. The monoisotopic (exact) mass is 349 g/mol. The Morgan fingerprint density at radius 2 is 1.88 bits per heavy atom. The number of benzene rings is 1. The molecule has 1 spiro atoms. The molecule has 2 aromatic rings. The number of aromatic nitrogens is 2. The topological polar surface area (TPSA) is 21.1 Å². The summed E-state index contributed by atoms with van der Waals surface area (Å²) in [4.78, 5) is 7.60. The van der Waals surface area contributed by atoms with Crippen molar-refractivity contribution >= 4 is 22.9 Å². The van der Waals surface area contributed by atoms with E-state index in [1.165, 1.54) is 61.1 Å². The Balaban J connectivity index is 1.64. The maximum absolute atomic E-state index is 4.84. The van der Waals surface area contributed by atoms with Crippen molar-refractivity contribution in [3.63, 3.8) is 0 Å². The van der Waals surface area contributed by atoms with Crippen LogP contribution in [0.15, 0.2) is 18.2 Å². The van der Waals surface area contributed by atoms with Gasteiger partial charge in [-0.2, -0.15) is 0 Å². The van der Waals surface area contributed by atoms with Crippen LogP contribution in [0.5, 0.6) is 0 Å². The first-order valence-corrected chi connectivity index (χ1v) is 10.4. The summed E-state index contributed by atoms with van der Waals surface area (Å²) >= 11 is 0. The van der Waals surface area contributed by atoms with Crippen molar-refractivity contribution in [1.82, 2.24) is 9.55 Å². The van der Waals surface area contributed by atoms with Crippen molar-refractivity contribution in [2.75, 3.05) is 4.90 Å². The van der Waals surface area contributed by atoms with E-state index in [4.69, 9.17) is 4.98 Å². The van der Waals surface area contributed by atoms with Gasteiger partial charge in [0.1, 0.15) is 5.82 Å². The first-order valence-electron chi connectivity index (χ1n) is 10.4. The van der Waals surface area contributed by atoms with Gasteiger partial charge in [-0.3, -0.25) is 0 Å². The minimum absolute atomic E-state index is 0.207. The van der Waals surface area contributed by atoms with Gasteiger partial charge in [0, 0.05) is 29.9 Å². The predicted octanol–water partition coefficient (Wildman–Crippen LogP) is 5.70. The third-order valence-electron chi connectivity index (χ3n) is 7.45. The molecule has 1 aromatic carbocycles. The van der Waals surface area contributed by atoms with Gasteiger partial charge < -0.3 is 9.47 Å². The standard InChI is InChI=1S/C23H31N3/c1-16-13-18-20(25-12-8-9-21(25)24-18)14-19(16)26-17(2)23(15-22(26,3)4)10-6-5-7-11-23/h8,12-14,17H,5-7,9-11,15H2,1-4H3/t17-/m0/s1. The van der Waals surface area contributed by atoms with E-state index in [0.29, 0.717) is 11.5 Å². The number of hydrogen-bond donors (Lipinski definition) is 0. The molecular weight excluding hydrogens is 318 g/mol. The molecule has 1 atom stereocenters. The van der Waals surface area contributed by atoms with E-state index in [9.17, 15) is 0 Å². The van der Waals surface area contributed by atoms with Crippen LogP contribution in [-0.2, 0) is 6.42 Å². The molecule has 1 saturated carbocycles. The Kier molecular flexibility index (Phi) is 3.39. The fourth-order valence-electron chi connectivity index (χ4n) is 6.40. The molecule has 0 N–H and O–H groups in total. The van der Waals surface area contributed by atoms with Crippen LogP contribution in [0.2, 0.25) is 0 Å². The van der Waals surface area contributed by atoms with Crippen LogP contribution in [0.3, 0.4) is 0 Å². The lowest BCUT2D eigenvalue weighted by atomic mass is 9.68. The second kappa shape index (κ2) is 5.37. The van der Waals surface area contributed by atoms with Gasteiger partial charge in [-0.1, -0.05) is 25.3 Å². The maximum Gasteiger partial charge on any atom is 0.117 e. The molecule has 2 fully saturated rings. The second-order valence-corrected chi connectivity index (χ2v) is 9.57. The van der Waals surface area contributed by atoms with Crippen molar-refractivity contribution < 1.29 is 0 Å². The second-order valence-electron chi connectivity index (χ2n) is 9.57. The van der Waals surface area contributed by atoms with Gasteiger partial charge in [0.15, 0.2) is 0 Å². The third kappa shape index (κ3) is 2.15. The van der Waals surface area contributed by atoms with Crippen LogP contribution < -0.4 is 4.90 Å². The van der Waals surface area contributed by atoms with Gasteiger partial charge in [-0.15, -0.1) is 0 Å². The molecule has 3 aliphatic rings. The Morgan fingerprint density at radius 3 is 2.65 bits per heavy atom. The van der Waals surface area contributed by atoms with Crippen molar-refractivity contribution in [3.05, 3.63) is 29.6 Å². The molecule has 1 aliphatic carbocycles. The largest absolute Gasteiger partial charge is 0.363 e. The summed E-state index contributed by atoms with van der Waals surface area (Å²) in [6, 6.07) is 5.32. The number of nitrogens with zero attached hydrogens (tertiary/aromatic N) is 3. The van der Waals surface area contributed by atoms with Crippen LogP contribution in [0.4, 0.5) is 5.69 Å². The van der Waals surface area contributed by atoms with Crippen LogP contribution in [-0.4, -0.2) is 21.1 Å². The molecule has 26 heavy (non-hydrogen) atoms. The summed E-state index contributed by atoms with van der Waals surface area (Å²) in [5.74, 6) is 1.18. The molecule has 0 bridgehead atoms. The lowest BCUT2D eigenvalue weighted by molar-refractivity contribution is 0.170. The summed E-state index contributed by atoms with van der Waals surface area (Å²) < 4.78 is 2.28. The molecule has 3 heterocycles. The Hall–Kier alpha value is -1.77. The zero-order chi connectivity index (χ0) is 18.1. The highest BCUT2D eigenvalue weighted by atomic mass is 15.3. The lowest BCUT2D eigenvalue weighted by Gasteiger charge is -2.41. The molecule has 0 unspecified atom stereocenters. The number of rotatable bonds is 1. The minimum Gasteiger partial charge on any atom is -0.363 e. The highest BCUT2D eigenvalue weighted by molar-refractivity contribution is 5.85. The molecule has 1 aromatic heterocycles. The summed E-state index contributed by atoms with van der Waals surface area (Å²) in [6.45, 7) is 9.67. The van der Waals surface area contributed by atoms with Crippen LogP contribution >= 0.6 is 0 Å². The van der Waals surface area contributed by atoms with E-state index in [0.717, 1.165) is 11.9 Å². The summed E-state index contributed by atoms with van der Waals surface area (Å²) in [7, 11) is 0. The van der Waals surface area contributed by atoms with E-state index in [-0.39, 0.29) is 5.54 Å². The molecule has 1 saturated heterocycles. The molecule has 0 radical (unpaired) electrons. The Labute approximate surface area is 157 Å². The van der Waals surface area contributed by atoms with Gasteiger partial charge >= 0.3 is 0 Å². The van der Waals surface area contributed by atoms with Gasteiger partial charge in [-0.05, 0) is 70.1 Å². The molecule has 3 nitrogen and oxygen atoms in total. The van der Waals surface area contributed by atoms with Crippen LogP contribution in [0.1, 0.15) is 70.7 Å². The van der Waals surface area contributed by atoms with Crippen LogP contribution in [0, 0.1) is 12.3 Å². The van der Waals surface area contributed by atoms with Crippen molar-refractivity contribution in [1.29, 1.82) is 0 Å². The number of aryl methyl sites for hydroxylation is 1. The molecular formula is C23H31N3. The fourth-order valence-corrected chi connectivity index (χ4v) is 6.40. The predicted molar refractivity (Wildman–Crippen MR) is 110 cm³/mol. The third-order valence-corrected chi connectivity index (χ3v) is 7.45. The zero-order valence-corrected chi connectivity index (χ0v) is 16.7. The van der Waals surface area contributed by atoms with Crippen LogP contribution in [0.25, 0.3) is 17.2 Å².